The van der Waals surface area contributed by atoms with Gasteiger partial charge in [0.2, 0.25) is 0 Å². The number of nitrogens with zero attached hydrogens (tertiary/aromatic N) is 3. The summed E-state index contributed by atoms with van der Waals surface area (Å²) in [5, 5.41) is 0. The predicted molar refractivity (Wildman–Crippen MR) is 82.9 cm³/mol. The predicted octanol–water partition coefficient (Wildman–Crippen LogP) is 2.29. The van der Waals surface area contributed by atoms with Crippen LogP contribution in [0.4, 0.5) is 5.69 Å². The van der Waals surface area contributed by atoms with E-state index in [4.69, 9.17) is 5.84 Å². The molecule has 1 saturated heterocycles. The van der Waals surface area contributed by atoms with E-state index in [1.54, 1.807) is 6.20 Å². The molecule has 2 rings (SSSR count). The lowest BCUT2D eigenvalue weighted by Crippen LogP contribution is -2.44. The number of hydrogen-bond donors (Lipinski definition) is 2. The first-order valence-electron chi connectivity index (χ1n) is 7.73. The van der Waals surface area contributed by atoms with Crippen LogP contribution in [0.1, 0.15) is 68.7 Å². The summed E-state index contributed by atoms with van der Waals surface area (Å²) in [7, 11) is 0. The first kappa shape index (κ1) is 15.7. The number of carbonyl (C=O) groups excluding carboxylic acids is 1. The van der Waals surface area contributed by atoms with Crippen molar-refractivity contribution in [1.29, 1.82) is 0 Å². The molecule has 6 heteroatoms. The average Bonchev–Trinajstić information content (AvgIpc) is 2.53. The Labute approximate surface area is 126 Å². The summed E-state index contributed by atoms with van der Waals surface area (Å²) < 4.78 is 0. The molecule has 1 atom stereocenters. The molecule has 0 radical (unpaired) electrons. The number of carbonyl (C=O) groups is 1. The van der Waals surface area contributed by atoms with Crippen molar-refractivity contribution in [3.05, 3.63) is 17.7 Å². The van der Waals surface area contributed by atoms with Crippen molar-refractivity contribution in [3.63, 3.8) is 0 Å². The number of anilines is 1. The van der Waals surface area contributed by atoms with Gasteiger partial charge in [-0.25, -0.2) is 9.97 Å². The van der Waals surface area contributed by atoms with Crippen molar-refractivity contribution in [2.24, 2.45) is 5.84 Å². The summed E-state index contributed by atoms with van der Waals surface area (Å²) in [6, 6.07) is 0.300. The van der Waals surface area contributed by atoms with E-state index < -0.39 is 0 Å². The van der Waals surface area contributed by atoms with Gasteiger partial charge in [-0.15, -0.1) is 0 Å². The molecule has 1 amide bonds. The third-order valence-electron chi connectivity index (χ3n) is 4.04. The molecule has 0 bridgehead atoms. The Morgan fingerprint density at radius 2 is 2.29 bits per heavy atom. The molecule has 1 fully saturated rings. The third-order valence-corrected chi connectivity index (χ3v) is 4.04. The summed E-state index contributed by atoms with van der Waals surface area (Å²) in [5.41, 5.74) is 3.42. The minimum Gasteiger partial charge on any atom is -0.334 e. The van der Waals surface area contributed by atoms with Crippen molar-refractivity contribution >= 4 is 11.6 Å². The van der Waals surface area contributed by atoms with Gasteiger partial charge in [0.15, 0.2) is 5.69 Å². The molecular weight excluding hydrogens is 266 g/mol. The monoisotopic (exact) mass is 291 g/mol. The van der Waals surface area contributed by atoms with Crippen LogP contribution in [-0.4, -0.2) is 33.4 Å². The Morgan fingerprint density at radius 3 is 2.90 bits per heavy atom. The summed E-state index contributed by atoms with van der Waals surface area (Å²) in [6.07, 6.45) is 5.87. The number of nitrogen functional groups attached to an aromatic ring is 1. The van der Waals surface area contributed by atoms with E-state index in [1.165, 1.54) is 6.42 Å². The number of amides is 1. The van der Waals surface area contributed by atoms with Gasteiger partial charge < -0.3 is 10.3 Å². The highest BCUT2D eigenvalue weighted by molar-refractivity contribution is 5.97. The Morgan fingerprint density at radius 1 is 1.52 bits per heavy atom. The molecular formula is C15H25N5O. The van der Waals surface area contributed by atoms with E-state index in [-0.39, 0.29) is 11.8 Å². The quantitative estimate of drug-likeness (QED) is 0.657. The van der Waals surface area contributed by atoms with Crippen molar-refractivity contribution in [2.45, 2.75) is 58.4 Å². The Hall–Kier alpha value is -1.69. The molecule has 116 valence electrons. The highest BCUT2D eigenvalue weighted by Crippen LogP contribution is 2.24. The summed E-state index contributed by atoms with van der Waals surface area (Å²) >= 11 is 0. The summed E-state index contributed by atoms with van der Waals surface area (Å²) in [6.45, 7) is 6.93. The van der Waals surface area contributed by atoms with Gasteiger partial charge >= 0.3 is 0 Å². The maximum absolute atomic E-state index is 12.9. The molecule has 0 aliphatic carbocycles. The zero-order chi connectivity index (χ0) is 15.4. The fourth-order valence-electron chi connectivity index (χ4n) is 2.77. The zero-order valence-electron chi connectivity index (χ0n) is 13.1. The lowest BCUT2D eigenvalue weighted by molar-refractivity contribution is 0.0602. The molecule has 0 aromatic carbocycles. The van der Waals surface area contributed by atoms with Gasteiger partial charge in [0.1, 0.15) is 5.82 Å². The second kappa shape index (κ2) is 6.85. The van der Waals surface area contributed by atoms with E-state index in [1.807, 2.05) is 18.7 Å². The van der Waals surface area contributed by atoms with Gasteiger partial charge in [0.05, 0.1) is 11.9 Å². The first-order chi connectivity index (χ1) is 10.1. The second-order valence-electron chi connectivity index (χ2n) is 5.85. The van der Waals surface area contributed by atoms with Crippen molar-refractivity contribution in [3.8, 4) is 0 Å². The van der Waals surface area contributed by atoms with Gasteiger partial charge in [0.25, 0.3) is 5.91 Å². The van der Waals surface area contributed by atoms with Gasteiger partial charge in [-0.2, -0.15) is 0 Å². The van der Waals surface area contributed by atoms with Gasteiger partial charge in [-0.05, 0) is 25.7 Å². The number of hydrogen-bond acceptors (Lipinski definition) is 5. The first-order valence-corrected chi connectivity index (χ1v) is 7.73. The van der Waals surface area contributed by atoms with Crippen LogP contribution in [0.2, 0.25) is 0 Å². The molecule has 1 aliphatic rings. The minimum atomic E-state index is -0.0428. The highest BCUT2D eigenvalue weighted by Gasteiger charge is 2.29. The van der Waals surface area contributed by atoms with Gasteiger partial charge in [0, 0.05) is 18.5 Å². The van der Waals surface area contributed by atoms with Crippen LogP contribution in [0.3, 0.4) is 0 Å². The molecule has 6 nitrogen and oxygen atoms in total. The maximum Gasteiger partial charge on any atom is 0.275 e. The summed E-state index contributed by atoms with van der Waals surface area (Å²) in [4.78, 5) is 23.5. The van der Waals surface area contributed by atoms with Crippen LogP contribution >= 0.6 is 0 Å². The standard InChI is InChI=1S/C15H25N5O/c1-4-11-7-5-6-8-20(11)15(21)13-12(19-16)9-17-14(18-13)10(2)3/h9-11,19H,4-8,16H2,1-3H3. The van der Waals surface area contributed by atoms with E-state index in [2.05, 4.69) is 22.3 Å². The lowest BCUT2D eigenvalue weighted by atomic mass is 9.99. The van der Waals surface area contributed by atoms with Gasteiger partial charge in [-0.3, -0.25) is 10.6 Å². The molecule has 1 aromatic heterocycles. The fourth-order valence-corrected chi connectivity index (χ4v) is 2.77. The molecule has 0 spiro atoms. The minimum absolute atomic E-state index is 0.0428. The van der Waals surface area contributed by atoms with E-state index in [0.29, 0.717) is 23.2 Å². The van der Waals surface area contributed by atoms with Crippen LogP contribution in [0.15, 0.2) is 6.20 Å². The van der Waals surface area contributed by atoms with Crippen LogP contribution in [0.5, 0.6) is 0 Å². The van der Waals surface area contributed by atoms with Crippen LogP contribution in [0, 0.1) is 0 Å². The second-order valence-corrected chi connectivity index (χ2v) is 5.85. The summed E-state index contributed by atoms with van der Waals surface area (Å²) in [5.74, 6) is 6.31. The Kier molecular flexibility index (Phi) is 5.12. The Bertz CT molecular complexity index is 503. The number of rotatable bonds is 4. The van der Waals surface area contributed by atoms with Crippen molar-refractivity contribution in [2.75, 3.05) is 12.0 Å². The lowest BCUT2D eigenvalue weighted by Gasteiger charge is -2.35. The molecule has 0 saturated carbocycles. The maximum atomic E-state index is 12.9. The molecule has 1 unspecified atom stereocenters. The highest BCUT2D eigenvalue weighted by atomic mass is 16.2. The van der Waals surface area contributed by atoms with Crippen molar-refractivity contribution in [1.82, 2.24) is 14.9 Å². The van der Waals surface area contributed by atoms with E-state index in [9.17, 15) is 4.79 Å². The topological polar surface area (TPSA) is 84.1 Å². The number of likely N-dealkylation sites (tertiary alicyclic amines) is 1. The molecule has 3 N–H and O–H groups in total. The van der Waals surface area contributed by atoms with Crippen molar-refractivity contribution < 1.29 is 4.79 Å². The number of aromatic nitrogens is 2. The molecule has 21 heavy (non-hydrogen) atoms. The normalized spacial score (nSPS) is 18.9. The average molecular weight is 291 g/mol. The van der Waals surface area contributed by atoms with Crippen LogP contribution in [-0.2, 0) is 0 Å². The third kappa shape index (κ3) is 3.32. The molecule has 1 aromatic rings. The zero-order valence-corrected chi connectivity index (χ0v) is 13.1. The van der Waals surface area contributed by atoms with Crippen LogP contribution < -0.4 is 11.3 Å². The van der Waals surface area contributed by atoms with Gasteiger partial charge in [-0.1, -0.05) is 20.8 Å². The van der Waals surface area contributed by atoms with E-state index >= 15 is 0 Å². The van der Waals surface area contributed by atoms with E-state index in [0.717, 1.165) is 25.8 Å². The molecule has 1 aliphatic heterocycles. The fraction of sp³-hybridized carbons (Fsp3) is 0.667. The largest absolute Gasteiger partial charge is 0.334 e. The number of nitrogens with one attached hydrogen (secondary N) is 1. The Balaban J connectivity index is 2.34. The smallest absolute Gasteiger partial charge is 0.275 e. The van der Waals surface area contributed by atoms with Crippen LogP contribution in [0.25, 0.3) is 0 Å². The number of piperidine rings is 1. The number of hydrazine groups is 1. The SMILES string of the molecule is CCC1CCCCN1C(=O)c1nc(C(C)C)ncc1NN. The molecule has 2 heterocycles. The number of nitrogens with two attached hydrogens (primary N) is 1.